The number of hydrazone groups is 1. The highest BCUT2D eigenvalue weighted by atomic mass is 32.1. The summed E-state index contributed by atoms with van der Waals surface area (Å²) in [4.78, 5) is 17.5. The van der Waals surface area contributed by atoms with Crippen molar-refractivity contribution in [2.45, 2.75) is 0 Å². The van der Waals surface area contributed by atoms with Gasteiger partial charge in [-0.25, -0.2) is 4.98 Å². The number of carbonyl (C=O) groups is 1. The van der Waals surface area contributed by atoms with E-state index in [1.165, 1.54) is 16.3 Å². The standard InChI is InChI=1S/C23H19N3O3S/c1-28-19-12-13-20-21(14-19)30-23(25-20)26(24-15-17-8-4-2-5-9-17)22(27)16-29-18-10-6-3-7-11-18/h2-15H,16H2,1H3/b24-15+. The molecule has 0 bridgehead atoms. The maximum Gasteiger partial charge on any atom is 0.287 e. The van der Waals surface area contributed by atoms with Gasteiger partial charge in [0.25, 0.3) is 5.91 Å². The van der Waals surface area contributed by atoms with Gasteiger partial charge >= 0.3 is 0 Å². The van der Waals surface area contributed by atoms with Gasteiger partial charge in [0.15, 0.2) is 6.61 Å². The lowest BCUT2D eigenvalue weighted by molar-refractivity contribution is -0.120. The zero-order valence-electron chi connectivity index (χ0n) is 16.3. The number of methoxy groups -OCH3 is 1. The van der Waals surface area contributed by atoms with E-state index in [4.69, 9.17) is 9.47 Å². The summed E-state index contributed by atoms with van der Waals surface area (Å²) in [6, 6.07) is 24.4. The number of para-hydroxylation sites is 1. The molecule has 7 heteroatoms. The van der Waals surface area contributed by atoms with Crippen LogP contribution >= 0.6 is 11.3 Å². The Morgan fingerprint density at radius 2 is 1.77 bits per heavy atom. The third kappa shape index (κ3) is 4.64. The number of anilines is 1. The molecule has 4 aromatic rings. The van der Waals surface area contributed by atoms with E-state index >= 15 is 0 Å². The number of rotatable bonds is 7. The molecular weight excluding hydrogens is 398 g/mol. The van der Waals surface area contributed by atoms with Crippen molar-refractivity contribution >= 4 is 38.8 Å². The van der Waals surface area contributed by atoms with E-state index in [-0.39, 0.29) is 12.5 Å². The third-order valence-electron chi connectivity index (χ3n) is 4.23. The smallest absolute Gasteiger partial charge is 0.287 e. The molecule has 0 aliphatic heterocycles. The first kappa shape index (κ1) is 19.6. The van der Waals surface area contributed by atoms with E-state index < -0.39 is 0 Å². The summed E-state index contributed by atoms with van der Waals surface area (Å²) in [5.74, 6) is 1.03. The molecule has 0 N–H and O–H groups in total. The molecule has 0 aliphatic carbocycles. The lowest BCUT2D eigenvalue weighted by atomic mass is 10.2. The number of carbonyl (C=O) groups excluding carboxylic acids is 1. The van der Waals surface area contributed by atoms with Crippen molar-refractivity contribution in [1.82, 2.24) is 4.98 Å². The molecule has 30 heavy (non-hydrogen) atoms. The molecule has 6 nitrogen and oxygen atoms in total. The molecule has 4 rings (SSSR count). The lowest BCUT2D eigenvalue weighted by Gasteiger charge is -2.14. The van der Waals surface area contributed by atoms with Gasteiger partial charge in [-0.15, -0.1) is 0 Å². The third-order valence-corrected chi connectivity index (χ3v) is 5.22. The first-order valence-electron chi connectivity index (χ1n) is 9.27. The molecule has 0 radical (unpaired) electrons. The van der Waals surface area contributed by atoms with Crippen LogP contribution < -0.4 is 14.5 Å². The Morgan fingerprint density at radius 3 is 2.50 bits per heavy atom. The van der Waals surface area contributed by atoms with Crippen molar-refractivity contribution in [2.24, 2.45) is 5.10 Å². The number of ether oxygens (including phenoxy) is 2. The molecule has 3 aromatic carbocycles. The number of benzene rings is 3. The van der Waals surface area contributed by atoms with E-state index in [0.717, 1.165) is 21.5 Å². The second kappa shape index (κ2) is 9.19. The molecule has 1 heterocycles. The number of nitrogens with zero attached hydrogens (tertiary/aromatic N) is 3. The summed E-state index contributed by atoms with van der Waals surface area (Å²) >= 11 is 1.36. The van der Waals surface area contributed by atoms with Gasteiger partial charge in [-0.1, -0.05) is 59.9 Å². The zero-order chi connectivity index (χ0) is 20.8. The Balaban J connectivity index is 1.62. The normalized spacial score (nSPS) is 11.0. The minimum atomic E-state index is -0.322. The minimum Gasteiger partial charge on any atom is -0.497 e. The highest BCUT2D eigenvalue weighted by molar-refractivity contribution is 7.22. The van der Waals surface area contributed by atoms with Crippen molar-refractivity contribution in [3.8, 4) is 11.5 Å². The van der Waals surface area contributed by atoms with Gasteiger partial charge in [-0.3, -0.25) is 4.79 Å². The molecule has 0 saturated heterocycles. The van der Waals surface area contributed by atoms with Crippen LogP contribution in [0, 0.1) is 0 Å². The minimum absolute atomic E-state index is 0.157. The Hall–Kier alpha value is -3.71. The molecule has 0 unspecified atom stereocenters. The van der Waals surface area contributed by atoms with Crippen LogP contribution in [0.4, 0.5) is 5.13 Å². The lowest BCUT2D eigenvalue weighted by Crippen LogP contribution is -2.30. The Kier molecular flexibility index (Phi) is 6.01. The summed E-state index contributed by atoms with van der Waals surface area (Å²) in [6.07, 6.45) is 1.63. The average Bonchev–Trinajstić information content (AvgIpc) is 3.22. The predicted molar refractivity (Wildman–Crippen MR) is 120 cm³/mol. The zero-order valence-corrected chi connectivity index (χ0v) is 17.1. The van der Waals surface area contributed by atoms with E-state index in [1.807, 2.05) is 66.7 Å². The van der Waals surface area contributed by atoms with E-state index in [1.54, 1.807) is 25.5 Å². The van der Waals surface area contributed by atoms with Gasteiger partial charge in [0.05, 0.1) is 23.5 Å². The molecule has 0 aliphatic rings. The van der Waals surface area contributed by atoms with Gasteiger partial charge in [0.2, 0.25) is 5.13 Å². The first-order chi connectivity index (χ1) is 14.7. The number of hydrogen-bond acceptors (Lipinski definition) is 6. The fourth-order valence-corrected chi connectivity index (χ4v) is 3.69. The van der Waals surface area contributed by atoms with Crippen molar-refractivity contribution in [3.05, 3.63) is 84.4 Å². The molecule has 0 atom stereocenters. The van der Waals surface area contributed by atoms with E-state index in [2.05, 4.69) is 10.1 Å². The van der Waals surface area contributed by atoms with Gasteiger partial charge in [-0.05, 0) is 35.9 Å². The SMILES string of the molecule is COc1ccc2nc(N(/N=C/c3ccccc3)C(=O)COc3ccccc3)sc2c1. The van der Waals surface area contributed by atoms with Gasteiger partial charge in [0.1, 0.15) is 11.5 Å². The van der Waals surface area contributed by atoms with Crippen LogP contribution in [0.15, 0.2) is 84.0 Å². The van der Waals surface area contributed by atoms with Crippen molar-refractivity contribution < 1.29 is 14.3 Å². The second-order valence-corrected chi connectivity index (χ2v) is 7.30. The number of hydrogen-bond donors (Lipinski definition) is 0. The van der Waals surface area contributed by atoms with Crippen molar-refractivity contribution in [2.75, 3.05) is 18.7 Å². The van der Waals surface area contributed by atoms with E-state index in [9.17, 15) is 4.79 Å². The monoisotopic (exact) mass is 417 g/mol. The largest absolute Gasteiger partial charge is 0.497 e. The number of aromatic nitrogens is 1. The Labute approximate surface area is 178 Å². The van der Waals surface area contributed by atoms with Crippen LogP contribution in [0.25, 0.3) is 10.2 Å². The maximum absolute atomic E-state index is 13.0. The summed E-state index contributed by atoms with van der Waals surface area (Å²) < 4.78 is 11.8. The molecule has 0 fully saturated rings. The summed E-state index contributed by atoms with van der Waals surface area (Å²) in [5, 5.41) is 6.16. The Bertz CT molecular complexity index is 1160. The predicted octanol–water partition coefficient (Wildman–Crippen LogP) is 4.75. The van der Waals surface area contributed by atoms with Crippen LogP contribution in [0.1, 0.15) is 5.56 Å². The topological polar surface area (TPSA) is 64.0 Å². The second-order valence-electron chi connectivity index (χ2n) is 6.29. The molecule has 1 amide bonds. The van der Waals surface area contributed by atoms with Crippen molar-refractivity contribution in [1.29, 1.82) is 0 Å². The highest BCUT2D eigenvalue weighted by Gasteiger charge is 2.20. The molecule has 1 aromatic heterocycles. The van der Waals surface area contributed by atoms with Crippen LogP contribution in [-0.4, -0.2) is 30.8 Å². The van der Waals surface area contributed by atoms with Crippen LogP contribution in [0.3, 0.4) is 0 Å². The molecule has 0 saturated carbocycles. The Morgan fingerprint density at radius 1 is 1.03 bits per heavy atom. The molecule has 150 valence electrons. The maximum atomic E-state index is 13.0. The van der Waals surface area contributed by atoms with Crippen molar-refractivity contribution in [3.63, 3.8) is 0 Å². The summed E-state index contributed by atoms with van der Waals surface area (Å²) in [5.41, 5.74) is 1.65. The summed E-state index contributed by atoms with van der Waals surface area (Å²) in [7, 11) is 1.62. The van der Waals surface area contributed by atoms with Crippen LogP contribution in [0.5, 0.6) is 11.5 Å². The number of amides is 1. The average molecular weight is 417 g/mol. The highest BCUT2D eigenvalue weighted by Crippen LogP contribution is 2.31. The quantitative estimate of drug-likeness (QED) is 0.322. The fourth-order valence-electron chi connectivity index (χ4n) is 2.72. The van der Waals surface area contributed by atoms with Gasteiger partial charge in [0, 0.05) is 0 Å². The number of thiazole rings is 1. The molecule has 0 spiro atoms. The van der Waals surface area contributed by atoms with E-state index in [0.29, 0.717) is 10.9 Å². The first-order valence-corrected chi connectivity index (χ1v) is 10.1. The van der Waals surface area contributed by atoms with Gasteiger partial charge in [-0.2, -0.15) is 10.1 Å². The van der Waals surface area contributed by atoms with Gasteiger partial charge < -0.3 is 9.47 Å². The fraction of sp³-hybridized carbons (Fsp3) is 0.0870. The molecular formula is C23H19N3O3S. The summed E-state index contributed by atoms with van der Waals surface area (Å²) in [6.45, 7) is -0.157. The van der Waals surface area contributed by atoms with Crippen LogP contribution in [0.2, 0.25) is 0 Å². The number of fused-ring (bicyclic) bond motifs is 1. The van der Waals surface area contributed by atoms with Crippen LogP contribution in [-0.2, 0) is 4.79 Å².